The summed E-state index contributed by atoms with van der Waals surface area (Å²) in [4.78, 5) is 12.4. The van der Waals surface area contributed by atoms with Crippen LogP contribution in [0.25, 0.3) is 0 Å². The van der Waals surface area contributed by atoms with Crippen LogP contribution in [-0.2, 0) is 4.74 Å². The molecule has 1 aromatic carbocycles. The first-order valence-electron chi connectivity index (χ1n) is 5.75. The minimum absolute atomic E-state index is 0.0660. The van der Waals surface area contributed by atoms with Gasteiger partial charge in [0.15, 0.2) is 5.78 Å². The average molecular weight is 267 g/mol. The summed E-state index contributed by atoms with van der Waals surface area (Å²) in [6, 6.07) is 1.82. The molecule has 0 radical (unpaired) electrons. The fourth-order valence-corrected chi connectivity index (χ4v) is 2.27. The molecule has 1 heterocycles. The minimum Gasteiger partial charge on any atom is -0.504 e. The highest BCUT2D eigenvalue weighted by Gasteiger charge is 2.25. The Kier molecular flexibility index (Phi) is 3.62. The van der Waals surface area contributed by atoms with Crippen LogP contribution in [0.1, 0.15) is 27.9 Å². The van der Waals surface area contributed by atoms with Crippen LogP contribution < -0.4 is 4.74 Å². The molecule has 2 rings (SSSR count). The Morgan fingerprint density at radius 1 is 1.44 bits per heavy atom. The molecule has 0 fully saturated rings. The third-order valence-electron chi connectivity index (χ3n) is 3.05. The molecular formula is C14H15ClO3. The summed E-state index contributed by atoms with van der Waals surface area (Å²) in [6.45, 7) is 4.21. The number of hydrogen-bond acceptors (Lipinski definition) is 3. The first kappa shape index (κ1) is 13.0. The molecule has 0 spiro atoms. The fourth-order valence-electron chi connectivity index (χ4n) is 2.12. The van der Waals surface area contributed by atoms with Gasteiger partial charge in [-0.3, -0.25) is 4.79 Å². The van der Waals surface area contributed by atoms with Crippen LogP contribution >= 0.6 is 11.6 Å². The van der Waals surface area contributed by atoms with Gasteiger partial charge in [-0.1, -0.05) is 11.6 Å². The van der Waals surface area contributed by atoms with Gasteiger partial charge >= 0.3 is 0 Å². The van der Waals surface area contributed by atoms with E-state index >= 15 is 0 Å². The number of fused-ring (bicyclic) bond motifs is 1. The van der Waals surface area contributed by atoms with Gasteiger partial charge in [0.25, 0.3) is 0 Å². The van der Waals surface area contributed by atoms with Crippen molar-refractivity contribution in [2.45, 2.75) is 20.3 Å². The largest absolute Gasteiger partial charge is 0.504 e. The lowest BCUT2D eigenvalue weighted by Crippen LogP contribution is -2.06. The second-order valence-electron chi connectivity index (χ2n) is 4.31. The minimum atomic E-state index is -0.0660. The Morgan fingerprint density at radius 3 is 2.83 bits per heavy atom. The summed E-state index contributed by atoms with van der Waals surface area (Å²) in [5.41, 5.74) is 2.84. The topological polar surface area (TPSA) is 35.5 Å². The normalized spacial score (nSPS) is 17.1. The van der Waals surface area contributed by atoms with Crippen LogP contribution in [0.5, 0.6) is 5.75 Å². The lowest BCUT2D eigenvalue weighted by molar-refractivity contribution is 0.102. The number of hydrogen-bond donors (Lipinski definition) is 0. The van der Waals surface area contributed by atoms with E-state index in [0.717, 1.165) is 11.1 Å². The molecule has 0 saturated heterocycles. The lowest BCUT2D eigenvalue weighted by atomic mass is 9.96. The third-order valence-corrected chi connectivity index (χ3v) is 3.63. The van der Waals surface area contributed by atoms with E-state index in [1.807, 2.05) is 19.9 Å². The van der Waals surface area contributed by atoms with E-state index in [9.17, 15) is 4.79 Å². The Hall–Kier alpha value is -1.48. The highest BCUT2D eigenvalue weighted by atomic mass is 35.5. The number of Topliss-reactive ketones (excluding diaryl/α,β-unsaturated/α-hetero) is 1. The van der Waals surface area contributed by atoms with Gasteiger partial charge in [0, 0.05) is 17.0 Å². The number of carbonyl (C=O) groups excluding carboxylic acids is 1. The van der Waals surface area contributed by atoms with Crippen molar-refractivity contribution in [1.82, 2.24) is 0 Å². The van der Waals surface area contributed by atoms with E-state index < -0.39 is 0 Å². The van der Waals surface area contributed by atoms with E-state index in [0.29, 0.717) is 34.9 Å². The second kappa shape index (κ2) is 5.02. The maximum absolute atomic E-state index is 12.4. The number of benzene rings is 1. The van der Waals surface area contributed by atoms with Gasteiger partial charge in [-0.15, -0.1) is 0 Å². The summed E-state index contributed by atoms with van der Waals surface area (Å²) in [7, 11) is 1.53. The standard InChI is InChI=1S/C14H15ClO3/c1-8-6-11-12(9(2)13(8)15)14(16)10(7-17-3)4-5-18-11/h6-7H,4-5H2,1-3H3/b10-7-. The molecule has 0 atom stereocenters. The molecule has 0 amide bonds. The average Bonchev–Trinajstić information content (AvgIpc) is 2.48. The Morgan fingerprint density at radius 2 is 2.17 bits per heavy atom. The van der Waals surface area contributed by atoms with Crippen molar-refractivity contribution in [3.05, 3.63) is 39.6 Å². The summed E-state index contributed by atoms with van der Waals surface area (Å²) in [5, 5.41) is 0.615. The zero-order valence-electron chi connectivity index (χ0n) is 10.7. The van der Waals surface area contributed by atoms with Crippen LogP contribution in [0.4, 0.5) is 0 Å². The Balaban J connectivity index is 2.62. The third kappa shape index (κ3) is 2.10. The molecule has 3 nitrogen and oxygen atoms in total. The SMILES string of the molecule is CO/C=C1/CCOc2cc(C)c(Cl)c(C)c2C1=O. The highest BCUT2D eigenvalue weighted by molar-refractivity contribution is 6.33. The van der Waals surface area contributed by atoms with E-state index in [1.165, 1.54) is 13.4 Å². The van der Waals surface area contributed by atoms with Crippen molar-refractivity contribution in [3.63, 3.8) is 0 Å². The Labute approximate surface area is 111 Å². The molecule has 1 aliphatic rings. The van der Waals surface area contributed by atoms with Crippen molar-refractivity contribution in [3.8, 4) is 5.75 Å². The first-order valence-corrected chi connectivity index (χ1v) is 6.13. The molecule has 0 unspecified atom stereocenters. The lowest BCUT2D eigenvalue weighted by Gasteiger charge is -2.12. The van der Waals surface area contributed by atoms with Crippen molar-refractivity contribution < 1.29 is 14.3 Å². The Bertz CT molecular complexity index is 532. The van der Waals surface area contributed by atoms with E-state index in [-0.39, 0.29) is 5.78 Å². The monoisotopic (exact) mass is 266 g/mol. The van der Waals surface area contributed by atoms with E-state index in [2.05, 4.69) is 0 Å². The van der Waals surface area contributed by atoms with Gasteiger partial charge in [0.1, 0.15) is 5.75 Å². The fraction of sp³-hybridized carbons (Fsp3) is 0.357. The number of ketones is 1. The number of ether oxygens (including phenoxy) is 2. The van der Waals surface area contributed by atoms with Crippen molar-refractivity contribution in [2.75, 3.05) is 13.7 Å². The van der Waals surface area contributed by atoms with Crippen LogP contribution in [-0.4, -0.2) is 19.5 Å². The molecular weight excluding hydrogens is 252 g/mol. The van der Waals surface area contributed by atoms with Gasteiger partial charge in [-0.05, 0) is 31.0 Å². The van der Waals surface area contributed by atoms with Crippen molar-refractivity contribution in [1.29, 1.82) is 0 Å². The molecule has 1 aliphatic heterocycles. The number of methoxy groups -OCH3 is 1. The van der Waals surface area contributed by atoms with Gasteiger partial charge < -0.3 is 9.47 Å². The van der Waals surface area contributed by atoms with Crippen molar-refractivity contribution in [2.24, 2.45) is 0 Å². The predicted octanol–water partition coefficient (Wildman–Crippen LogP) is 3.45. The maximum atomic E-state index is 12.4. The molecule has 4 heteroatoms. The predicted molar refractivity (Wildman–Crippen MR) is 70.5 cm³/mol. The molecule has 0 aromatic heterocycles. The zero-order chi connectivity index (χ0) is 13.3. The second-order valence-corrected chi connectivity index (χ2v) is 4.69. The zero-order valence-corrected chi connectivity index (χ0v) is 11.4. The van der Waals surface area contributed by atoms with E-state index in [1.54, 1.807) is 0 Å². The summed E-state index contributed by atoms with van der Waals surface area (Å²) in [5.74, 6) is 0.544. The van der Waals surface area contributed by atoms with Crippen molar-refractivity contribution >= 4 is 17.4 Å². The van der Waals surface area contributed by atoms with Gasteiger partial charge in [0.2, 0.25) is 0 Å². The number of carbonyl (C=O) groups is 1. The van der Waals surface area contributed by atoms with Gasteiger partial charge in [-0.25, -0.2) is 0 Å². The number of aryl methyl sites for hydroxylation is 1. The quantitative estimate of drug-likeness (QED) is 0.577. The molecule has 18 heavy (non-hydrogen) atoms. The molecule has 0 bridgehead atoms. The smallest absolute Gasteiger partial charge is 0.196 e. The van der Waals surface area contributed by atoms with Gasteiger partial charge in [0.05, 0.1) is 25.5 Å². The molecule has 0 aliphatic carbocycles. The number of halogens is 1. The summed E-state index contributed by atoms with van der Waals surface area (Å²) in [6.07, 6.45) is 2.02. The first-order chi connectivity index (χ1) is 8.56. The molecule has 96 valence electrons. The van der Waals surface area contributed by atoms with Crippen LogP contribution in [0.3, 0.4) is 0 Å². The van der Waals surface area contributed by atoms with Crippen LogP contribution in [0.2, 0.25) is 5.02 Å². The summed E-state index contributed by atoms with van der Waals surface area (Å²) < 4.78 is 10.6. The highest BCUT2D eigenvalue weighted by Crippen LogP contribution is 2.35. The molecule has 0 saturated carbocycles. The molecule has 0 N–H and O–H groups in total. The van der Waals surface area contributed by atoms with Gasteiger partial charge in [-0.2, -0.15) is 0 Å². The van der Waals surface area contributed by atoms with Crippen LogP contribution in [0, 0.1) is 13.8 Å². The van der Waals surface area contributed by atoms with Crippen LogP contribution in [0.15, 0.2) is 17.9 Å². The summed E-state index contributed by atoms with van der Waals surface area (Å²) >= 11 is 6.20. The van der Waals surface area contributed by atoms with E-state index in [4.69, 9.17) is 21.1 Å². The maximum Gasteiger partial charge on any atom is 0.196 e. The number of rotatable bonds is 1. The molecule has 1 aromatic rings.